The Hall–Kier alpha value is -1.20. The number of hydrogen-bond donors (Lipinski definition) is 2. The molecule has 0 radical (unpaired) electrons. The minimum absolute atomic E-state index is 0.124. The Kier molecular flexibility index (Phi) is 4.94. The number of nitrogens with zero attached hydrogens (tertiary/aromatic N) is 2. The third-order valence-corrected chi connectivity index (χ3v) is 3.89. The van der Waals surface area contributed by atoms with Gasteiger partial charge in [0.1, 0.15) is 0 Å². The Bertz CT molecular complexity index is 596. The van der Waals surface area contributed by atoms with Gasteiger partial charge in [-0.3, -0.25) is 11.3 Å². The molecule has 0 aliphatic rings. The zero-order valence-corrected chi connectivity index (χ0v) is 12.8. The van der Waals surface area contributed by atoms with Gasteiger partial charge < -0.3 is 0 Å². The van der Waals surface area contributed by atoms with Crippen molar-refractivity contribution in [2.24, 2.45) is 5.84 Å². The maximum atomic E-state index is 6.21. The molecular formula is C14H16Cl2N4. The summed E-state index contributed by atoms with van der Waals surface area (Å²) in [6, 6.07) is 7.31. The Morgan fingerprint density at radius 3 is 2.45 bits per heavy atom. The van der Waals surface area contributed by atoms with Gasteiger partial charge in [-0.25, -0.2) is 0 Å². The van der Waals surface area contributed by atoms with Gasteiger partial charge in [-0.2, -0.15) is 10.2 Å². The summed E-state index contributed by atoms with van der Waals surface area (Å²) in [6.07, 6.45) is 0.584. The Morgan fingerprint density at radius 1 is 1.20 bits per heavy atom. The number of aryl methyl sites for hydroxylation is 2. The van der Waals surface area contributed by atoms with Crippen molar-refractivity contribution in [1.82, 2.24) is 15.6 Å². The molecule has 2 aromatic rings. The lowest BCUT2D eigenvalue weighted by Crippen LogP contribution is -2.30. The number of nitrogens with two attached hydrogens (primary N) is 1. The number of hydrazine groups is 1. The number of benzene rings is 1. The maximum Gasteiger partial charge on any atom is 0.0648 e. The van der Waals surface area contributed by atoms with Crippen LogP contribution >= 0.6 is 23.2 Å². The highest BCUT2D eigenvalue weighted by atomic mass is 35.5. The fourth-order valence-corrected chi connectivity index (χ4v) is 2.66. The summed E-state index contributed by atoms with van der Waals surface area (Å²) in [5.74, 6) is 5.69. The number of halogens is 2. The van der Waals surface area contributed by atoms with Gasteiger partial charge in [0.05, 0.1) is 17.4 Å². The first kappa shape index (κ1) is 15.2. The first-order valence-corrected chi connectivity index (χ1v) is 6.98. The van der Waals surface area contributed by atoms with Crippen LogP contribution in [0, 0.1) is 13.8 Å². The van der Waals surface area contributed by atoms with Crippen molar-refractivity contribution in [3.63, 3.8) is 0 Å². The quantitative estimate of drug-likeness (QED) is 0.672. The maximum absolute atomic E-state index is 6.21. The minimum atomic E-state index is -0.124. The van der Waals surface area contributed by atoms with E-state index in [1.54, 1.807) is 0 Å². The molecule has 106 valence electrons. The predicted molar refractivity (Wildman–Crippen MR) is 81.7 cm³/mol. The van der Waals surface area contributed by atoms with Crippen molar-refractivity contribution in [3.8, 4) is 0 Å². The molecule has 0 saturated carbocycles. The third-order valence-electron chi connectivity index (χ3n) is 3.19. The van der Waals surface area contributed by atoms with Crippen LogP contribution in [-0.2, 0) is 6.42 Å². The minimum Gasteiger partial charge on any atom is -0.271 e. The van der Waals surface area contributed by atoms with Gasteiger partial charge in [0, 0.05) is 10.0 Å². The van der Waals surface area contributed by atoms with Crippen molar-refractivity contribution < 1.29 is 0 Å². The van der Waals surface area contributed by atoms with E-state index in [1.807, 2.05) is 38.1 Å². The molecule has 0 fully saturated rings. The smallest absolute Gasteiger partial charge is 0.0648 e. The monoisotopic (exact) mass is 310 g/mol. The van der Waals surface area contributed by atoms with Crippen molar-refractivity contribution in [2.45, 2.75) is 26.3 Å². The summed E-state index contributed by atoms with van der Waals surface area (Å²) in [6.45, 7) is 3.80. The van der Waals surface area contributed by atoms with Crippen LogP contribution in [0.4, 0.5) is 0 Å². The molecule has 1 unspecified atom stereocenters. The van der Waals surface area contributed by atoms with E-state index < -0.39 is 0 Å². The van der Waals surface area contributed by atoms with E-state index in [1.165, 1.54) is 0 Å². The SMILES string of the molecule is Cc1cc(C(Cc2c(Cl)cccc2Cl)NN)c(C)nn1. The van der Waals surface area contributed by atoms with Crippen molar-refractivity contribution in [2.75, 3.05) is 0 Å². The summed E-state index contributed by atoms with van der Waals surface area (Å²) in [5, 5.41) is 9.42. The van der Waals surface area contributed by atoms with Crippen LogP contribution in [0.25, 0.3) is 0 Å². The lowest BCUT2D eigenvalue weighted by Gasteiger charge is -2.19. The van der Waals surface area contributed by atoms with Gasteiger partial charge in [-0.05, 0) is 49.6 Å². The van der Waals surface area contributed by atoms with Gasteiger partial charge >= 0.3 is 0 Å². The molecule has 0 spiro atoms. The highest BCUT2D eigenvalue weighted by molar-refractivity contribution is 6.36. The molecule has 4 nitrogen and oxygen atoms in total. The van der Waals surface area contributed by atoms with Crippen LogP contribution in [0.1, 0.15) is 28.6 Å². The molecule has 0 bridgehead atoms. The third kappa shape index (κ3) is 3.27. The van der Waals surface area contributed by atoms with E-state index in [0.717, 1.165) is 22.5 Å². The van der Waals surface area contributed by atoms with Gasteiger partial charge in [0.15, 0.2) is 0 Å². The van der Waals surface area contributed by atoms with Crippen LogP contribution in [0.3, 0.4) is 0 Å². The molecule has 3 N–H and O–H groups in total. The van der Waals surface area contributed by atoms with Gasteiger partial charge in [-0.1, -0.05) is 29.3 Å². The lowest BCUT2D eigenvalue weighted by atomic mass is 9.98. The second-order valence-electron chi connectivity index (χ2n) is 4.65. The molecule has 1 atom stereocenters. The number of hydrogen-bond acceptors (Lipinski definition) is 4. The molecule has 2 rings (SSSR count). The highest BCUT2D eigenvalue weighted by Gasteiger charge is 2.17. The van der Waals surface area contributed by atoms with Crippen molar-refractivity contribution in [1.29, 1.82) is 0 Å². The van der Waals surface area contributed by atoms with Crippen LogP contribution in [-0.4, -0.2) is 10.2 Å². The van der Waals surface area contributed by atoms with E-state index in [4.69, 9.17) is 29.0 Å². The summed E-state index contributed by atoms with van der Waals surface area (Å²) in [7, 11) is 0. The van der Waals surface area contributed by atoms with Crippen LogP contribution in [0.15, 0.2) is 24.3 Å². The molecular weight excluding hydrogens is 295 g/mol. The second kappa shape index (κ2) is 6.50. The Morgan fingerprint density at radius 2 is 1.85 bits per heavy atom. The Labute approximate surface area is 128 Å². The van der Waals surface area contributed by atoms with Crippen molar-refractivity contribution in [3.05, 3.63) is 56.8 Å². The lowest BCUT2D eigenvalue weighted by molar-refractivity contribution is 0.544. The second-order valence-corrected chi connectivity index (χ2v) is 5.46. The molecule has 1 heterocycles. The van der Waals surface area contributed by atoms with Gasteiger partial charge in [0.2, 0.25) is 0 Å². The van der Waals surface area contributed by atoms with Crippen LogP contribution < -0.4 is 11.3 Å². The molecule has 0 saturated heterocycles. The molecule has 0 aliphatic heterocycles. The first-order chi connectivity index (χ1) is 9.52. The first-order valence-electron chi connectivity index (χ1n) is 6.22. The van der Waals surface area contributed by atoms with Crippen LogP contribution in [0.5, 0.6) is 0 Å². The summed E-state index contributed by atoms with van der Waals surface area (Å²) in [5.41, 5.74) is 6.35. The molecule has 0 aliphatic carbocycles. The van der Waals surface area contributed by atoms with E-state index >= 15 is 0 Å². The van der Waals surface area contributed by atoms with Gasteiger partial charge in [-0.15, -0.1) is 0 Å². The van der Waals surface area contributed by atoms with E-state index in [-0.39, 0.29) is 6.04 Å². The summed E-state index contributed by atoms with van der Waals surface area (Å²) < 4.78 is 0. The summed E-state index contributed by atoms with van der Waals surface area (Å²) >= 11 is 12.4. The number of rotatable bonds is 4. The molecule has 6 heteroatoms. The molecule has 20 heavy (non-hydrogen) atoms. The molecule has 1 aromatic heterocycles. The zero-order chi connectivity index (χ0) is 14.7. The fraction of sp³-hybridized carbons (Fsp3) is 0.286. The van der Waals surface area contributed by atoms with E-state index in [2.05, 4.69) is 15.6 Å². The number of aromatic nitrogens is 2. The molecule has 0 amide bonds. The van der Waals surface area contributed by atoms with Crippen LogP contribution in [0.2, 0.25) is 10.0 Å². The normalized spacial score (nSPS) is 12.4. The average molecular weight is 311 g/mol. The highest BCUT2D eigenvalue weighted by Crippen LogP contribution is 2.29. The van der Waals surface area contributed by atoms with Gasteiger partial charge in [0.25, 0.3) is 0 Å². The average Bonchev–Trinajstić information content (AvgIpc) is 2.42. The number of nitrogens with one attached hydrogen (secondary N) is 1. The van der Waals surface area contributed by atoms with E-state index in [0.29, 0.717) is 16.5 Å². The zero-order valence-electron chi connectivity index (χ0n) is 11.3. The predicted octanol–water partition coefficient (Wildman–Crippen LogP) is 3.15. The fourth-order valence-electron chi connectivity index (χ4n) is 2.11. The standard InChI is InChI=1S/C14H16Cl2N4/c1-8-6-10(9(2)20-19-8)14(18-17)7-11-12(15)4-3-5-13(11)16/h3-6,14,18H,7,17H2,1-2H3. The largest absolute Gasteiger partial charge is 0.271 e. The molecule has 1 aromatic carbocycles. The van der Waals surface area contributed by atoms with E-state index in [9.17, 15) is 0 Å². The topological polar surface area (TPSA) is 63.8 Å². The Balaban J connectivity index is 2.36. The van der Waals surface area contributed by atoms with Crippen molar-refractivity contribution >= 4 is 23.2 Å². The summed E-state index contributed by atoms with van der Waals surface area (Å²) in [4.78, 5) is 0.